The summed E-state index contributed by atoms with van der Waals surface area (Å²) in [6.07, 6.45) is 1.41. The van der Waals surface area contributed by atoms with E-state index in [1.807, 2.05) is 0 Å². The summed E-state index contributed by atoms with van der Waals surface area (Å²) >= 11 is 0. The highest BCUT2D eigenvalue weighted by Gasteiger charge is 2.14. The van der Waals surface area contributed by atoms with Gasteiger partial charge in [0.15, 0.2) is 0 Å². The fraction of sp³-hybridized carbons (Fsp3) is 0.0556. The Hall–Kier alpha value is -3.61. The van der Waals surface area contributed by atoms with Crippen LogP contribution in [0.25, 0.3) is 0 Å². The average Bonchev–Trinajstić information content (AvgIpc) is 2.61. The topological polar surface area (TPSA) is 108 Å². The van der Waals surface area contributed by atoms with Crippen molar-refractivity contribution >= 4 is 29.2 Å². The minimum Gasteiger partial charge on any atom is -0.545 e. The third kappa shape index (κ3) is 4.93. The molecule has 0 aromatic heterocycles. The lowest BCUT2D eigenvalue weighted by molar-refractivity contribution is -0.297. The van der Waals surface area contributed by atoms with Gasteiger partial charge in [-0.05, 0) is 30.3 Å². The first-order chi connectivity index (χ1) is 12.0. The van der Waals surface area contributed by atoms with E-state index in [9.17, 15) is 19.5 Å². The standard InChI is InChI=1S/C18H16N2O5/c1-25-15-9-5-4-8-14(15)20-18(24)12-6-2-3-7-13(12)19-16(21)10-11-17(22)23/h2-11H,1H3,(H,19,21)(H,20,24)(H,22,23)/p-1. The second kappa shape index (κ2) is 8.30. The summed E-state index contributed by atoms with van der Waals surface area (Å²) in [5, 5.41) is 15.5. The van der Waals surface area contributed by atoms with Crippen molar-refractivity contribution < 1.29 is 24.2 Å². The summed E-state index contributed by atoms with van der Waals surface area (Å²) in [5.41, 5.74) is 0.930. The molecule has 2 N–H and O–H groups in total. The van der Waals surface area contributed by atoms with Gasteiger partial charge >= 0.3 is 0 Å². The summed E-state index contributed by atoms with van der Waals surface area (Å²) in [6, 6.07) is 13.2. The molecule has 0 fully saturated rings. The van der Waals surface area contributed by atoms with E-state index in [4.69, 9.17) is 4.74 Å². The van der Waals surface area contributed by atoms with E-state index in [0.29, 0.717) is 17.5 Å². The second-order valence-electron chi connectivity index (χ2n) is 4.84. The molecule has 0 radical (unpaired) electrons. The molecule has 2 aromatic carbocycles. The zero-order chi connectivity index (χ0) is 18.2. The van der Waals surface area contributed by atoms with Crippen molar-refractivity contribution in [2.24, 2.45) is 0 Å². The molecule has 2 amide bonds. The minimum atomic E-state index is -1.49. The van der Waals surface area contributed by atoms with Crippen LogP contribution in [0.1, 0.15) is 10.4 Å². The first-order valence-electron chi connectivity index (χ1n) is 7.24. The number of carboxylic acid groups (broad SMARTS) is 1. The molecular weight excluding hydrogens is 324 g/mol. The highest BCUT2D eigenvalue weighted by atomic mass is 16.5. The molecule has 128 valence electrons. The molecule has 2 rings (SSSR count). The van der Waals surface area contributed by atoms with Crippen LogP contribution in [0.2, 0.25) is 0 Å². The molecule has 0 aliphatic rings. The number of amides is 2. The molecule has 0 saturated heterocycles. The lowest BCUT2D eigenvalue weighted by Crippen LogP contribution is -2.20. The Morgan fingerprint density at radius 3 is 2.24 bits per heavy atom. The number of rotatable bonds is 6. The molecule has 0 aliphatic carbocycles. The van der Waals surface area contributed by atoms with Crippen molar-refractivity contribution in [1.82, 2.24) is 0 Å². The number of para-hydroxylation sites is 3. The van der Waals surface area contributed by atoms with E-state index in [1.54, 1.807) is 36.4 Å². The van der Waals surface area contributed by atoms with Crippen LogP contribution in [0.15, 0.2) is 60.7 Å². The highest BCUT2D eigenvalue weighted by Crippen LogP contribution is 2.25. The number of hydrogen-bond donors (Lipinski definition) is 2. The normalized spacial score (nSPS) is 10.3. The van der Waals surface area contributed by atoms with Gasteiger partial charge in [-0.1, -0.05) is 24.3 Å². The van der Waals surface area contributed by atoms with Crippen molar-refractivity contribution in [2.45, 2.75) is 0 Å². The van der Waals surface area contributed by atoms with Gasteiger partial charge in [0.1, 0.15) is 5.75 Å². The van der Waals surface area contributed by atoms with Crippen molar-refractivity contribution in [3.05, 3.63) is 66.2 Å². The van der Waals surface area contributed by atoms with Gasteiger partial charge in [-0.3, -0.25) is 9.59 Å². The maximum absolute atomic E-state index is 12.5. The Kier molecular flexibility index (Phi) is 5.89. The van der Waals surface area contributed by atoms with Crippen LogP contribution in [0, 0.1) is 0 Å². The zero-order valence-electron chi connectivity index (χ0n) is 13.3. The van der Waals surface area contributed by atoms with Gasteiger partial charge in [-0.25, -0.2) is 0 Å². The van der Waals surface area contributed by atoms with Crippen LogP contribution in [-0.2, 0) is 9.59 Å². The van der Waals surface area contributed by atoms with Crippen LogP contribution < -0.4 is 20.5 Å². The van der Waals surface area contributed by atoms with E-state index in [0.717, 1.165) is 6.08 Å². The van der Waals surface area contributed by atoms with E-state index >= 15 is 0 Å². The maximum Gasteiger partial charge on any atom is 0.257 e. The Balaban J connectivity index is 2.20. The van der Waals surface area contributed by atoms with E-state index in [1.165, 1.54) is 19.2 Å². The second-order valence-corrected chi connectivity index (χ2v) is 4.84. The number of hydrogen-bond acceptors (Lipinski definition) is 5. The number of methoxy groups -OCH3 is 1. The van der Waals surface area contributed by atoms with Crippen LogP contribution in [-0.4, -0.2) is 24.9 Å². The van der Waals surface area contributed by atoms with Crippen LogP contribution >= 0.6 is 0 Å². The third-order valence-corrected chi connectivity index (χ3v) is 3.16. The van der Waals surface area contributed by atoms with Gasteiger partial charge in [0, 0.05) is 6.08 Å². The summed E-state index contributed by atoms with van der Waals surface area (Å²) in [5.74, 6) is -2.14. The summed E-state index contributed by atoms with van der Waals surface area (Å²) in [4.78, 5) is 34.6. The number of carbonyl (C=O) groups excluding carboxylic acids is 3. The molecule has 7 heteroatoms. The van der Waals surface area contributed by atoms with Crippen molar-refractivity contribution in [1.29, 1.82) is 0 Å². The van der Waals surface area contributed by atoms with Crippen LogP contribution in [0.3, 0.4) is 0 Å². The molecular formula is C18H15N2O5-. The molecule has 0 heterocycles. The number of nitrogens with one attached hydrogen (secondary N) is 2. The smallest absolute Gasteiger partial charge is 0.257 e. The van der Waals surface area contributed by atoms with E-state index in [2.05, 4.69) is 10.6 Å². The van der Waals surface area contributed by atoms with Gasteiger partial charge in [-0.2, -0.15) is 0 Å². The van der Waals surface area contributed by atoms with Gasteiger partial charge in [-0.15, -0.1) is 0 Å². The van der Waals surface area contributed by atoms with E-state index in [-0.39, 0.29) is 11.3 Å². The largest absolute Gasteiger partial charge is 0.545 e. The average molecular weight is 339 g/mol. The first-order valence-corrected chi connectivity index (χ1v) is 7.24. The maximum atomic E-state index is 12.5. The number of carbonyl (C=O) groups is 3. The lowest BCUT2D eigenvalue weighted by atomic mass is 10.1. The monoisotopic (exact) mass is 339 g/mol. The van der Waals surface area contributed by atoms with E-state index < -0.39 is 17.8 Å². The number of ether oxygens (including phenoxy) is 1. The van der Waals surface area contributed by atoms with Gasteiger partial charge < -0.3 is 25.3 Å². The van der Waals surface area contributed by atoms with Gasteiger partial charge in [0.05, 0.1) is 30.0 Å². The summed E-state index contributed by atoms with van der Waals surface area (Å²) < 4.78 is 5.18. The highest BCUT2D eigenvalue weighted by molar-refractivity contribution is 6.12. The molecule has 0 spiro atoms. The van der Waals surface area contributed by atoms with Gasteiger partial charge in [0.25, 0.3) is 5.91 Å². The van der Waals surface area contributed by atoms with Crippen LogP contribution in [0.4, 0.5) is 11.4 Å². The van der Waals surface area contributed by atoms with Crippen molar-refractivity contribution in [2.75, 3.05) is 17.7 Å². The fourth-order valence-electron chi connectivity index (χ4n) is 2.05. The Morgan fingerprint density at radius 1 is 0.920 bits per heavy atom. The lowest BCUT2D eigenvalue weighted by Gasteiger charge is -2.12. The molecule has 0 bridgehead atoms. The number of benzene rings is 2. The molecule has 7 nitrogen and oxygen atoms in total. The third-order valence-electron chi connectivity index (χ3n) is 3.16. The Morgan fingerprint density at radius 2 is 1.56 bits per heavy atom. The number of anilines is 2. The first kappa shape index (κ1) is 17.7. The fourth-order valence-corrected chi connectivity index (χ4v) is 2.05. The molecule has 2 aromatic rings. The zero-order valence-corrected chi connectivity index (χ0v) is 13.3. The van der Waals surface area contributed by atoms with Crippen molar-refractivity contribution in [3.63, 3.8) is 0 Å². The SMILES string of the molecule is COc1ccccc1NC(=O)c1ccccc1NC(=O)C=CC(=O)[O-]. The number of carboxylic acids is 1. The van der Waals surface area contributed by atoms with Crippen LogP contribution in [0.5, 0.6) is 5.75 Å². The Bertz CT molecular complexity index is 830. The quantitative estimate of drug-likeness (QED) is 0.769. The molecule has 0 aliphatic heterocycles. The van der Waals surface area contributed by atoms with Gasteiger partial charge in [0.2, 0.25) is 5.91 Å². The van der Waals surface area contributed by atoms with Crippen molar-refractivity contribution in [3.8, 4) is 5.75 Å². The summed E-state index contributed by atoms with van der Waals surface area (Å²) in [6.45, 7) is 0. The Labute approximate surface area is 143 Å². The molecule has 0 atom stereocenters. The predicted octanol–water partition coefficient (Wildman–Crippen LogP) is 1.19. The molecule has 25 heavy (non-hydrogen) atoms. The molecule has 0 saturated carbocycles. The minimum absolute atomic E-state index is 0.212. The number of aliphatic carboxylic acids is 1. The predicted molar refractivity (Wildman–Crippen MR) is 90.2 cm³/mol. The molecule has 0 unspecified atom stereocenters. The summed E-state index contributed by atoms with van der Waals surface area (Å²) in [7, 11) is 1.49.